The molecule has 1 aromatic heterocycles. The third kappa shape index (κ3) is 3.26. The van der Waals surface area contributed by atoms with Crippen molar-refractivity contribution in [2.24, 2.45) is 5.92 Å². The van der Waals surface area contributed by atoms with Crippen molar-refractivity contribution in [2.75, 3.05) is 17.2 Å². The van der Waals surface area contributed by atoms with Gasteiger partial charge < -0.3 is 0 Å². The molecule has 0 aliphatic carbocycles. The fourth-order valence-electron chi connectivity index (χ4n) is 2.01. The minimum Gasteiger partial charge on any atom is -0.296 e. The van der Waals surface area contributed by atoms with Crippen LogP contribution in [0.2, 0.25) is 0 Å². The average molecular weight is 283 g/mol. The molecule has 1 aromatic rings. The molecular formula is C11H10FN3O3S. The molecule has 1 fully saturated rings. The van der Waals surface area contributed by atoms with Gasteiger partial charge >= 0.3 is 10.2 Å². The summed E-state index contributed by atoms with van der Waals surface area (Å²) in [6.45, 7) is 0.112. The highest BCUT2D eigenvalue weighted by Crippen LogP contribution is 2.24. The number of hydrogen-bond donors (Lipinski definition) is 0. The molecule has 0 bridgehead atoms. The van der Waals surface area contributed by atoms with Crippen LogP contribution in [0.25, 0.3) is 0 Å². The summed E-state index contributed by atoms with van der Waals surface area (Å²) in [5, 5.41) is 8.64. The smallest absolute Gasteiger partial charge is 0.296 e. The Morgan fingerprint density at radius 1 is 1.53 bits per heavy atom. The molecule has 2 heterocycles. The lowest BCUT2D eigenvalue weighted by Crippen LogP contribution is -2.26. The van der Waals surface area contributed by atoms with E-state index in [2.05, 4.69) is 4.98 Å². The van der Waals surface area contributed by atoms with Crippen LogP contribution in [0.4, 0.5) is 9.70 Å². The van der Waals surface area contributed by atoms with Crippen molar-refractivity contribution >= 4 is 21.9 Å². The first kappa shape index (κ1) is 13.4. The van der Waals surface area contributed by atoms with E-state index in [1.165, 1.54) is 23.2 Å². The lowest BCUT2D eigenvalue weighted by atomic mass is 10.1. The third-order valence-corrected chi connectivity index (χ3v) is 3.66. The first-order valence-electron chi connectivity index (χ1n) is 5.48. The lowest BCUT2D eigenvalue weighted by Gasteiger charge is -2.14. The average Bonchev–Trinajstić information content (AvgIpc) is 2.68. The standard InChI is InChI=1S/C11H10FN3O3S/c12-19(17,18)7-9-3-11(16)15(6-9)10-2-1-8(4-13)5-14-10/h1-2,5,9H,3,6-7H2. The molecular weight excluding hydrogens is 273 g/mol. The molecule has 0 spiro atoms. The van der Waals surface area contributed by atoms with E-state index >= 15 is 0 Å². The monoisotopic (exact) mass is 283 g/mol. The molecule has 0 saturated carbocycles. The molecule has 8 heteroatoms. The Morgan fingerprint density at radius 3 is 2.79 bits per heavy atom. The zero-order valence-electron chi connectivity index (χ0n) is 9.78. The van der Waals surface area contributed by atoms with E-state index in [1.54, 1.807) is 0 Å². The van der Waals surface area contributed by atoms with E-state index in [9.17, 15) is 17.1 Å². The van der Waals surface area contributed by atoms with Crippen molar-refractivity contribution in [3.05, 3.63) is 23.9 Å². The molecule has 1 atom stereocenters. The van der Waals surface area contributed by atoms with Gasteiger partial charge in [-0.1, -0.05) is 0 Å². The Morgan fingerprint density at radius 2 is 2.26 bits per heavy atom. The van der Waals surface area contributed by atoms with Crippen LogP contribution in [0.3, 0.4) is 0 Å². The minimum atomic E-state index is -4.59. The Labute approximate surface area is 109 Å². The maximum Gasteiger partial charge on any atom is 0.302 e. The summed E-state index contributed by atoms with van der Waals surface area (Å²) in [7, 11) is -4.59. The molecule has 6 nitrogen and oxygen atoms in total. The van der Waals surface area contributed by atoms with Crippen molar-refractivity contribution in [2.45, 2.75) is 6.42 Å². The zero-order valence-corrected chi connectivity index (χ0v) is 10.6. The summed E-state index contributed by atoms with van der Waals surface area (Å²) in [6.07, 6.45) is 1.30. The summed E-state index contributed by atoms with van der Waals surface area (Å²) in [5.74, 6) is -1.19. The number of hydrogen-bond acceptors (Lipinski definition) is 5. The van der Waals surface area contributed by atoms with Gasteiger partial charge in [0.2, 0.25) is 5.91 Å². The largest absolute Gasteiger partial charge is 0.302 e. The zero-order chi connectivity index (χ0) is 14.0. The van der Waals surface area contributed by atoms with Gasteiger partial charge in [0.15, 0.2) is 0 Å². The quantitative estimate of drug-likeness (QED) is 0.758. The van der Waals surface area contributed by atoms with Gasteiger partial charge in [0.25, 0.3) is 0 Å². The molecule has 1 amide bonds. The highest BCUT2D eigenvalue weighted by Gasteiger charge is 2.34. The predicted octanol–water partition coefficient (Wildman–Crippen LogP) is 0.605. The molecule has 1 aliphatic rings. The summed E-state index contributed by atoms with van der Waals surface area (Å²) < 4.78 is 33.7. The van der Waals surface area contributed by atoms with Crippen LogP contribution in [0, 0.1) is 17.2 Å². The molecule has 0 radical (unpaired) electrons. The van der Waals surface area contributed by atoms with Crippen molar-refractivity contribution in [3.8, 4) is 6.07 Å². The lowest BCUT2D eigenvalue weighted by molar-refractivity contribution is -0.117. The fourth-order valence-corrected chi connectivity index (χ4v) is 2.79. The number of aromatic nitrogens is 1. The maximum atomic E-state index is 12.6. The van der Waals surface area contributed by atoms with Crippen LogP contribution < -0.4 is 4.90 Å². The molecule has 1 saturated heterocycles. The second-order valence-corrected chi connectivity index (χ2v) is 5.71. The number of carbonyl (C=O) groups is 1. The van der Waals surface area contributed by atoms with Crippen LogP contribution in [0.1, 0.15) is 12.0 Å². The Hall–Kier alpha value is -2.01. The van der Waals surface area contributed by atoms with Crippen molar-refractivity contribution in [1.82, 2.24) is 4.98 Å². The van der Waals surface area contributed by atoms with Gasteiger partial charge in [-0.3, -0.25) is 9.69 Å². The molecule has 0 N–H and O–H groups in total. The van der Waals surface area contributed by atoms with Gasteiger partial charge in [-0.05, 0) is 12.1 Å². The van der Waals surface area contributed by atoms with E-state index in [0.717, 1.165) is 0 Å². The van der Waals surface area contributed by atoms with Crippen LogP contribution in [-0.4, -0.2) is 31.6 Å². The summed E-state index contributed by atoms with van der Waals surface area (Å²) in [6, 6.07) is 4.91. The topological polar surface area (TPSA) is 91.1 Å². The number of amides is 1. The van der Waals surface area contributed by atoms with Crippen LogP contribution in [0.5, 0.6) is 0 Å². The van der Waals surface area contributed by atoms with E-state index in [4.69, 9.17) is 5.26 Å². The maximum absolute atomic E-state index is 12.6. The fraction of sp³-hybridized carbons (Fsp3) is 0.364. The van der Waals surface area contributed by atoms with E-state index in [-0.39, 0.29) is 18.9 Å². The van der Waals surface area contributed by atoms with E-state index in [1.807, 2.05) is 6.07 Å². The van der Waals surface area contributed by atoms with Crippen molar-refractivity contribution in [3.63, 3.8) is 0 Å². The summed E-state index contributed by atoms with van der Waals surface area (Å²) >= 11 is 0. The van der Waals surface area contributed by atoms with Gasteiger partial charge in [-0.25, -0.2) is 4.98 Å². The van der Waals surface area contributed by atoms with Gasteiger partial charge in [-0.2, -0.15) is 13.7 Å². The number of nitriles is 1. The van der Waals surface area contributed by atoms with Crippen molar-refractivity contribution < 1.29 is 17.1 Å². The van der Waals surface area contributed by atoms with E-state index < -0.39 is 21.9 Å². The first-order valence-corrected chi connectivity index (χ1v) is 7.03. The molecule has 1 unspecified atom stereocenters. The highest BCUT2D eigenvalue weighted by molar-refractivity contribution is 7.86. The van der Waals surface area contributed by atoms with E-state index in [0.29, 0.717) is 11.4 Å². The predicted molar refractivity (Wildman–Crippen MR) is 64.3 cm³/mol. The summed E-state index contributed by atoms with van der Waals surface area (Å²) in [5.41, 5.74) is 0.360. The van der Waals surface area contributed by atoms with Crippen LogP contribution >= 0.6 is 0 Å². The first-order chi connectivity index (χ1) is 8.89. The molecule has 1 aliphatic heterocycles. The van der Waals surface area contributed by atoms with Gasteiger partial charge in [0.05, 0.1) is 11.3 Å². The third-order valence-electron chi connectivity index (χ3n) is 2.79. The second-order valence-electron chi connectivity index (χ2n) is 4.30. The number of rotatable bonds is 3. The van der Waals surface area contributed by atoms with Crippen LogP contribution in [0.15, 0.2) is 18.3 Å². The Balaban J connectivity index is 2.13. The SMILES string of the molecule is N#Cc1ccc(N2CC(CS(=O)(=O)F)CC2=O)nc1. The number of anilines is 1. The molecule has 100 valence electrons. The normalized spacial score (nSPS) is 19.5. The second kappa shape index (κ2) is 4.93. The molecule has 0 aromatic carbocycles. The van der Waals surface area contributed by atoms with Crippen LogP contribution in [-0.2, 0) is 15.0 Å². The summed E-state index contributed by atoms with van der Waals surface area (Å²) in [4.78, 5) is 17.0. The molecule has 2 rings (SSSR count). The Bertz CT molecular complexity index is 636. The highest BCUT2D eigenvalue weighted by atomic mass is 32.3. The Kier molecular flexibility index (Phi) is 3.48. The number of pyridine rings is 1. The van der Waals surface area contributed by atoms with Gasteiger partial charge in [-0.15, -0.1) is 3.89 Å². The number of halogens is 1. The van der Waals surface area contributed by atoms with Gasteiger partial charge in [0, 0.05) is 25.1 Å². The molecule has 19 heavy (non-hydrogen) atoms. The van der Waals surface area contributed by atoms with Crippen molar-refractivity contribution in [1.29, 1.82) is 5.26 Å². The minimum absolute atomic E-state index is 0.0230. The number of nitrogens with zero attached hydrogens (tertiary/aromatic N) is 3. The number of carbonyl (C=O) groups excluding carboxylic acids is 1. The van der Waals surface area contributed by atoms with Gasteiger partial charge in [0.1, 0.15) is 11.9 Å².